The number of benzene rings is 2. The summed E-state index contributed by atoms with van der Waals surface area (Å²) in [5.41, 5.74) is 4.12. The van der Waals surface area contributed by atoms with Crippen LogP contribution in [-0.4, -0.2) is 18.7 Å². The van der Waals surface area contributed by atoms with Crippen molar-refractivity contribution in [2.45, 2.75) is 6.92 Å². The van der Waals surface area contributed by atoms with Crippen LogP contribution in [0, 0.1) is 6.92 Å². The second-order valence-corrected chi connectivity index (χ2v) is 6.55. The number of hydrogen-bond acceptors (Lipinski definition) is 4. The fourth-order valence-electron chi connectivity index (χ4n) is 2.28. The Kier molecular flexibility index (Phi) is 6.16. The van der Waals surface area contributed by atoms with Crippen LogP contribution >= 0.6 is 23.2 Å². The van der Waals surface area contributed by atoms with Crippen molar-refractivity contribution in [3.8, 4) is 17.1 Å². The average molecular weight is 403 g/mol. The van der Waals surface area contributed by atoms with Crippen LogP contribution in [0.5, 0.6) is 5.75 Å². The Balaban J connectivity index is 1.51. The number of furan rings is 1. The van der Waals surface area contributed by atoms with Gasteiger partial charge in [0.1, 0.15) is 17.3 Å². The predicted octanol–water partition coefficient (Wildman–Crippen LogP) is 5.09. The molecule has 0 unspecified atom stereocenters. The Morgan fingerprint density at radius 3 is 2.81 bits per heavy atom. The lowest BCUT2D eigenvalue weighted by Gasteiger charge is -2.06. The third kappa shape index (κ3) is 5.36. The molecule has 0 aliphatic rings. The first-order chi connectivity index (χ1) is 13.0. The van der Waals surface area contributed by atoms with E-state index in [1.807, 2.05) is 19.1 Å². The maximum Gasteiger partial charge on any atom is 0.277 e. The van der Waals surface area contributed by atoms with E-state index in [9.17, 15) is 4.79 Å². The number of hydrazone groups is 1. The minimum atomic E-state index is -0.388. The summed E-state index contributed by atoms with van der Waals surface area (Å²) in [6, 6.07) is 16.1. The molecule has 0 saturated carbocycles. The molecular weight excluding hydrogens is 387 g/mol. The van der Waals surface area contributed by atoms with Gasteiger partial charge in [-0.15, -0.1) is 0 Å². The molecule has 0 spiro atoms. The Bertz CT molecular complexity index is 983. The number of halogens is 2. The fraction of sp³-hybridized carbons (Fsp3) is 0.100. The standard InChI is InChI=1S/C20H16Cl2N2O3/c1-13-9-16(5-7-18(13)22)26-12-20(25)24-23-11-17-6-8-19(27-17)14-3-2-4-15(21)10-14/h2-11H,12H2,1H3,(H,24,25). The second kappa shape index (κ2) is 8.75. The van der Waals surface area contributed by atoms with Crippen LogP contribution in [0.15, 0.2) is 64.1 Å². The summed E-state index contributed by atoms with van der Waals surface area (Å²) >= 11 is 11.9. The normalized spacial score (nSPS) is 10.9. The van der Waals surface area contributed by atoms with Crippen molar-refractivity contribution in [1.82, 2.24) is 5.43 Å². The molecule has 0 aliphatic heterocycles. The van der Waals surface area contributed by atoms with Crippen LogP contribution in [0.1, 0.15) is 11.3 Å². The maximum absolute atomic E-state index is 11.8. The third-order valence-electron chi connectivity index (χ3n) is 3.62. The number of nitrogens with one attached hydrogen (secondary N) is 1. The monoisotopic (exact) mass is 402 g/mol. The molecule has 0 bridgehead atoms. The number of aryl methyl sites for hydroxylation is 1. The quantitative estimate of drug-likeness (QED) is 0.461. The van der Waals surface area contributed by atoms with E-state index in [2.05, 4.69) is 10.5 Å². The number of ether oxygens (including phenoxy) is 1. The van der Waals surface area contributed by atoms with Gasteiger partial charge >= 0.3 is 0 Å². The SMILES string of the molecule is Cc1cc(OCC(=O)NN=Cc2ccc(-c3cccc(Cl)c3)o2)ccc1Cl. The molecular formula is C20H16Cl2N2O3. The van der Waals surface area contributed by atoms with E-state index in [1.165, 1.54) is 6.21 Å². The zero-order valence-electron chi connectivity index (χ0n) is 14.4. The average Bonchev–Trinajstić information content (AvgIpc) is 3.12. The molecule has 1 N–H and O–H groups in total. The van der Waals surface area contributed by atoms with Crippen molar-refractivity contribution >= 4 is 35.3 Å². The molecule has 1 heterocycles. The Morgan fingerprint density at radius 1 is 1.19 bits per heavy atom. The number of carbonyl (C=O) groups is 1. The first-order valence-corrected chi connectivity index (χ1v) is 8.83. The van der Waals surface area contributed by atoms with Crippen LogP contribution in [0.3, 0.4) is 0 Å². The van der Waals surface area contributed by atoms with Crippen LogP contribution in [0.4, 0.5) is 0 Å². The topological polar surface area (TPSA) is 63.8 Å². The minimum Gasteiger partial charge on any atom is -0.484 e. The van der Waals surface area contributed by atoms with Gasteiger partial charge in [0, 0.05) is 15.6 Å². The first-order valence-electron chi connectivity index (χ1n) is 8.08. The van der Waals surface area contributed by atoms with Gasteiger partial charge in [-0.25, -0.2) is 5.43 Å². The highest BCUT2D eigenvalue weighted by Crippen LogP contribution is 2.24. The lowest BCUT2D eigenvalue weighted by atomic mass is 10.2. The van der Waals surface area contributed by atoms with Crippen molar-refractivity contribution in [2.75, 3.05) is 6.61 Å². The summed E-state index contributed by atoms with van der Waals surface area (Å²) < 4.78 is 11.1. The highest BCUT2D eigenvalue weighted by molar-refractivity contribution is 6.31. The summed E-state index contributed by atoms with van der Waals surface area (Å²) in [7, 11) is 0. The Labute approximate surface area is 166 Å². The highest BCUT2D eigenvalue weighted by atomic mass is 35.5. The zero-order chi connectivity index (χ0) is 19.2. The molecule has 1 aromatic heterocycles. The van der Waals surface area contributed by atoms with Crippen molar-refractivity contribution in [3.05, 3.63) is 76.0 Å². The molecule has 5 nitrogen and oxygen atoms in total. The largest absolute Gasteiger partial charge is 0.484 e. The Morgan fingerprint density at radius 2 is 2.04 bits per heavy atom. The van der Waals surface area contributed by atoms with Crippen LogP contribution < -0.4 is 10.2 Å². The molecule has 0 saturated heterocycles. The van der Waals surface area contributed by atoms with Gasteiger partial charge in [0.25, 0.3) is 5.91 Å². The number of rotatable bonds is 6. The van der Waals surface area contributed by atoms with Gasteiger partial charge in [-0.2, -0.15) is 5.10 Å². The molecule has 3 aromatic rings. The molecule has 27 heavy (non-hydrogen) atoms. The summed E-state index contributed by atoms with van der Waals surface area (Å²) in [6.07, 6.45) is 1.42. The van der Waals surface area contributed by atoms with E-state index in [0.717, 1.165) is 11.1 Å². The summed E-state index contributed by atoms with van der Waals surface area (Å²) in [5, 5.41) is 5.14. The molecule has 0 aliphatic carbocycles. The van der Waals surface area contributed by atoms with E-state index >= 15 is 0 Å². The second-order valence-electron chi connectivity index (χ2n) is 5.71. The smallest absolute Gasteiger partial charge is 0.277 e. The van der Waals surface area contributed by atoms with Crippen LogP contribution in [-0.2, 0) is 4.79 Å². The van der Waals surface area contributed by atoms with Crippen molar-refractivity contribution in [3.63, 3.8) is 0 Å². The number of nitrogens with zero attached hydrogens (tertiary/aromatic N) is 1. The van der Waals surface area contributed by atoms with Gasteiger partial charge in [-0.05, 0) is 55.0 Å². The van der Waals surface area contributed by atoms with Gasteiger partial charge in [0.05, 0.1) is 6.21 Å². The molecule has 0 fully saturated rings. The van der Waals surface area contributed by atoms with Crippen molar-refractivity contribution in [1.29, 1.82) is 0 Å². The van der Waals surface area contributed by atoms with Crippen LogP contribution in [0.2, 0.25) is 10.0 Å². The lowest BCUT2D eigenvalue weighted by molar-refractivity contribution is -0.123. The molecule has 0 atom stereocenters. The van der Waals surface area contributed by atoms with Gasteiger partial charge in [0.15, 0.2) is 6.61 Å². The third-order valence-corrected chi connectivity index (χ3v) is 4.28. The van der Waals surface area contributed by atoms with Gasteiger partial charge in [0.2, 0.25) is 0 Å². The van der Waals surface area contributed by atoms with Crippen molar-refractivity contribution < 1.29 is 13.9 Å². The van der Waals surface area contributed by atoms with Crippen LogP contribution in [0.25, 0.3) is 11.3 Å². The summed E-state index contributed by atoms with van der Waals surface area (Å²) in [4.78, 5) is 11.8. The first kappa shape index (κ1) is 19.0. The number of carbonyl (C=O) groups excluding carboxylic acids is 1. The maximum atomic E-state index is 11.8. The van der Waals surface area contributed by atoms with E-state index in [4.69, 9.17) is 32.4 Å². The summed E-state index contributed by atoms with van der Waals surface area (Å²) in [6.45, 7) is 1.70. The zero-order valence-corrected chi connectivity index (χ0v) is 15.9. The Hall–Kier alpha value is -2.76. The number of hydrogen-bond donors (Lipinski definition) is 1. The predicted molar refractivity (Wildman–Crippen MR) is 107 cm³/mol. The van der Waals surface area contributed by atoms with Gasteiger partial charge in [-0.1, -0.05) is 35.3 Å². The molecule has 7 heteroatoms. The van der Waals surface area contributed by atoms with E-state index < -0.39 is 0 Å². The minimum absolute atomic E-state index is 0.162. The molecule has 1 amide bonds. The lowest BCUT2D eigenvalue weighted by Crippen LogP contribution is -2.24. The summed E-state index contributed by atoms with van der Waals surface area (Å²) in [5.74, 6) is 1.33. The van der Waals surface area contributed by atoms with E-state index in [-0.39, 0.29) is 12.5 Å². The van der Waals surface area contributed by atoms with Gasteiger partial charge < -0.3 is 9.15 Å². The van der Waals surface area contributed by atoms with Gasteiger partial charge in [-0.3, -0.25) is 4.79 Å². The molecule has 0 radical (unpaired) electrons. The van der Waals surface area contributed by atoms with E-state index in [0.29, 0.717) is 27.3 Å². The molecule has 2 aromatic carbocycles. The molecule has 138 valence electrons. The molecule has 3 rings (SSSR count). The van der Waals surface area contributed by atoms with Crippen molar-refractivity contribution in [2.24, 2.45) is 5.10 Å². The fourth-order valence-corrected chi connectivity index (χ4v) is 2.58. The number of amides is 1. The highest BCUT2D eigenvalue weighted by Gasteiger charge is 2.05. The van der Waals surface area contributed by atoms with E-state index in [1.54, 1.807) is 42.5 Å².